The fourth-order valence-electron chi connectivity index (χ4n) is 0.512. The van der Waals surface area contributed by atoms with Gasteiger partial charge in [-0.15, -0.1) is 0 Å². The van der Waals surface area contributed by atoms with Crippen LogP contribution < -0.4 is 0 Å². The Morgan fingerprint density at radius 1 is 1.56 bits per heavy atom. The SMILES string of the molecule is CCCCCOC(=O)S. The highest BCUT2D eigenvalue weighted by molar-refractivity contribution is 7.96. The van der Waals surface area contributed by atoms with Crippen LogP contribution in [0.3, 0.4) is 0 Å². The Morgan fingerprint density at radius 3 is 2.67 bits per heavy atom. The maximum absolute atomic E-state index is 10.0. The first-order valence-corrected chi connectivity index (χ1v) is 3.57. The molecule has 9 heavy (non-hydrogen) atoms. The molecule has 0 spiro atoms. The van der Waals surface area contributed by atoms with Crippen molar-refractivity contribution in [3.8, 4) is 0 Å². The molecule has 0 N–H and O–H groups in total. The van der Waals surface area contributed by atoms with Crippen molar-refractivity contribution in [3.63, 3.8) is 0 Å². The van der Waals surface area contributed by atoms with Gasteiger partial charge in [-0.2, -0.15) is 0 Å². The number of thiol groups is 1. The first kappa shape index (κ1) is 8.82. The fourth-order valence-corrected chi connectivity index (χ4v) is 0.603. The van der Waals surface area contributed by atoms with Crippen LogP contribution in [0.25, 0.3) is 0 Å². The highest BCUT2D eigenvalue weighted by atomic mass is 32.1. The van der Waals surface area contributed by atoms with Gasteiger partial charge < -0.3 is 4.74 Å². The van der Waals surface area contributed by atoms with Crippen LogP contribution in [-0.2, 0) is 4.74 Å². The number of hydrogen-bond acceptors (Lipinski definition) is 2. The highest BCUT2D eigenvalue weighted by Crippen LogP contribution is 1.95. The summed E-state index contributed by atoms with van der Waals surface area (Å²) in [6.07, 6.45) is 3.20. The molecular formula is C6H12O2S. The molecule has 3 heteroatoms. The summed E-state index contributed by atoms with van der Waals surface area (Å²) in [5.41, 5.74) is 0. The Morgan fingerprint density at radius 2 is 2.22 bits per heavy atom. The van der Waals surface area contributed by atoms with Crippen LogP contribution in [0, 0.1) is 0 Å². The smallest absolute Gasteiger partial charge is 0.364 e. The predicted molar refractivity (Wildman–Crippen MR) is 39.9 cm³/mol. The zero-order valence-electron chi connectivity index (χ0n) is 5.59. The number of carbonyl (C=O) groups is 1. The van der Waals surface area contributed by atoms with Gasteiger partial charge in [-0.3, -0.25) is 0 Å². The monoisotopic (exact) mass is 148 g/mol. The highest BCUT2D eigenvalue weighted by Gasteiger charge is 1.90. The lowest BCUT2D eigenvalue weighted by Gasteiger charge is -1.97. The van der Waals surface area contributed by atoms with Crippen molar-refractivity contribution in [1.82, 2.24) is 0 Å². The van der Waals surface area contributed by atoms with E-state index in [2.05, 4.69) is 24.3 Å². The minimum absolute atomic E-state index is 0.480. The molecular weight excluding hydrogens is 136 g/mol. The number of hydrogen-bond donors (Lipinski definition) is 1. The third-order valence-corrected chi connectivity index (χ3v) is 1.10. The summed E-state index contributed by atoms with van der Waals surface area (Å²) < 4.78 is 4.57. The summed E-state index contributed by atoms with van der Waals surface area (Å²) >= 11 is 3.44. The van der Waals surface area contributed by atoms with Crippen LogP contribution in [0.1, 0.15) is 26.2 Å². The molecule has 0 aromatic rings. The van der Waals surface area contributed by atoms with Crippen LogP contribution in [0.15, 0.2) is 0 Å². The average Bonchev–Trinajstić information content (AvgIpc) is 1.80. The molecule has 0 heterocycles. The van der Waals surface area contributed by atoms with Crippen molar-refractivity contribution in [3.05, 3.63) is 0 Å². The van der Waals surface area contributed by atoms with Gasteiger partial charge in [-0.1, -0.05) is 32.4 Å². The number of ether oxygens (including phenoxy) is 1. The van der Waals surface area contributed by atoms with E-state index in [-0.39, 0.29) is 0 Å². The minimum atomic E-state index is -0.480. The van der Waals surface area contributed by atoms with Gasteiger partial charge >= 0.3 is 5.30 Å². The summed E-state index contributed by atoms with van der Waals surface area (Å²) in [6.45, 7) is 2.61. The van der Waals surface area contributed by atoms with Gasteiger partial charge in [0.25, 0.3) is 0 Å². The Kier molecular flexibility index (Phi) is 5.83. The number of rotatable bonds is 4. The fraction of sp³-hybridized carbons (Fsp3) is 0.833. The average molecular weight is 148 g/mol. The lowest BCUT2D eigenvalue weighted by molar-refractivity contribution is 0.173. The maximum Gasteiger partial charge on any atom is 0.364 e. The number of unbranched alkanes of at least 4 members (excludes halogenated alkanes) is 2. The van der Waals surface area contributed by atoms with E-state index in [1.54, 1.807) is 0 Å². The van der Waals surface area contributed by atoms with Crippen molar-refractivity contribution in [2.75, 3.05) is 6.61 Å². The molecule has 0 aliphatic heterocycles. The number of carbonyl (C=O) groups excluding carboxylic acids is 1. The Balaban J connectivity index is 2.83. The second kappa shape index (κ2) is 5.95. The van der Waals surface area contributed by atoms with E-state index in [9.17, 15) is 4.79 Å². The molecule has 0 saturated carbocycles. The second-order valence-electron chi connectivity index (χ2n) is 1.82. The van der Waals surface area contributed by atoms with Crippen LogP contribution >= 0.6 is 12.6 Å². The van der Waals surface area contributed by atoms with Crippen LogP contribution in [-0.4, -0.2) is 11.9 Å². The molecule has 0 aromatic carbocycles. The van der Waals surface area contributed by atoms with Crippen molar-refractivity contribution >= 4 is 17.9 Å². The van der Waals surface area contributed by atoms with Gasteiger partial charge in [0.15, 0.2) is 0 Å². The summed E-state index contributed by atoms with van der Waals surface area (Å²) in [6, 6.07) is 0. The molecule has 0 aliphatic carbocycles. The Bertz CT molecular complexity index is 83.1. The molecule has 2 nitrogen and oxygen atoms in total. The van der Waals surface area contributed by atoms with Crippen LogP contribution in [0.5, 0.6) is 0 Å². The molecule has 54 valence electrons. The molecule has 0 amide bonds. The van der Waals surface area contributed by atoms with Crippen molar-refractivity contribution < 1.29 is 9.53 Å². The maximum atomic E-state index is 10.0. The van der Waals surface area contributed by atoms with Gasteiger partial charge in [0, 0.05) is 0 Å². The zero-order valence-corrected chi connectivity index (χ0v) is 6.49. The third kappa shape index (κ3) is 7.82. The first-order chi connectivity index (χ1) is 4.27. The molecule has 0 unspecified atom stereocenters. The Labute approximate surface area is 61.0 Å². The van der Waals surface area contributed by atoms with Crippen molar-refractivity contribution in [2.24, 2.45) is 0 Å². The van der Waals surface area contributed by atoms with E-state index in [4.69, 9.17) is 0 Å². The van der Waals surface area contributed by atoms with Gasteiger partial charge in [-0.25, -0.2) is 4.79 Å². The lowest BCUT2D eigenvalue weighted by Crippen LogP contribution is -1.95. The first-order valence-electron chi connectivity index (χ1n) is 3.13. The standard InChI is InChI=1S/C6H12O2S/c1-2-3-4-5-8-6(7)9/h2-5H2,1H3,(H,7,9). The second-order valence-corrected chi connectivity index (χ2v) is 2.19. The summed E-state index contributed by atoms with van der Waals surface area (Å²) in [5.74, 6) is 0. The molecule has 0 bridgehead atoms. The summed E-state index contributed by atoms with van der Waals surface area (Å²) in [5, 5.41) is -0.480. The minimum Gasteiger partial charge on any atom is -0.458 e. The molecule has 0 rings (SSSR count). The van der Waals surface area contributed by atoms with E-state index < -0.39 is 5.30 Å². The molecule has 0 aromatic heterocycles. The predicted octanol–water partition coefficient (Wildman–Crippen LogP) is 2.24. The molecule has 0 fully saturated rings. The van der Waals surface area contributed by atoms with E-state index in [0.717, 1.165) is 19.3 Å². The molecule has 0 atom stereocenters. The largest absolute Gasteiger partial charge is 0.458 e. The van der Waals surface area contributed by atoms with E-state index >= 15 is 0 Å². The summed E-state index contributed by atoms with van der Waals surface area (Å²) in [4.78, 5) is 10.0. The van der Waals surface area contributed by atoms with E-state index in [1.165, 1.54) is 0 Å². The lowest BCUT2D eigenvalue weighted by atomic mass is 10.3. The zero-order chi connectivity index (χ0) is 7.11. The quantitative estimate of drug-likeness (QED) is 0.376. The van der Waals surface area contributed by atoms with Crippen molar-refractivity contribution in [1.29, 1.82) is 0 Å². The molecule has 0 saturated heterocycles. The van der Waals surface area contributed by atoms with E-state index in [0.29, 0.717) is 6.61 Å². The normalized spacial score (nSPS) is 9.11. The van der Waals surface area contributed by atoms with Crippen LogP contribution in [0.4, 0.5) is 4.79 Å². The van der Waals surface area contributed by atoms with Gasteiger partial charge in [0.2, 0.25) is 0 Å². The van der Waals surface area contributed by atoms with Gasteiger partial charge in [-0.05, 0) is 6.42 Å². The topological polar surface area (TPSA) is 26.3 Å². The van der Waals surface area contributed by atoms with Gasteiger partial charge in [0.05, 0.1) is 6.61 Å². The molecule has 0 aliphatic rings. The third-order valence-electron chi connectivity index (χ3n) is 0.973. The summed E-state index contributed by atoms with van der Waals surface area (Å²) in [7, 11) is 0. The van der Waals surface area contributed by atoms with Crippen LogP contribution in [0.2, 0.25) is 0 Å². The molecule has 0 radical (unpaired) electrons. The van der Waals surface area contributed by atoms with Gasteiger partial charge in [0.1, 0.15) is 0 Å². The van der Waals surface area contributed by atoms with Crippen molar-refractivity contribution in [2.45, 2.75) is 26.2 Å². The van der Waals surface area contributed by atoms with E-state index in [1.807, 2.05) is 0 Å². The Hall–Kier alpha value is -0.180.